The van der Waals surface area contributed by atoms with Gasteiger partial charge in [-0.3, -0.25) is 4.79 Å². The van der Waals surface area contributed by atoms with Gasteiger partial charge < -0.3 is 10.6 Å². The smallest absolute Gasteiger partial charge is 0.239 e. The molecule has 3 N–H and O–H groups in total. The maximum absolute atomic E-state index is 12.0. The number of carbonyl (C=O) groups is 1. The third-order valence-corrected chi connectivity index (χ3v) is 3.89. The minimum absolute atomic E-state index is 0.0797. The molecular formula is C12H23N3O3S. The van der Waals surface area contributed by atoms with E-state index in [0.717, 1.165) is 19.1 Å². The highest BCUT2D eigenvalue weighted by molar-refractivity contribution is 7.88. The zero-order valence-corrected chi connectivity index (χ0v) is 12.2. The third-order valence-electron chi connectivity index (χ3n) is 3.20. The van der Waals surface area contributed by atoms with Gasteiger partial charge in [0.25, 0.3) is 0 Å². The Morgan fingerprint density at radius 2 is 2.32 bits per heavy atom. The molecule has 1 aliphatic rings. The van der Waals surface area contributed by atoms with Crippen LogP contribution in [-0.2, 0) is 14.8 Å². The van der Waals surface area contributed by atoms with E-state index >= 15 is 0 Å². The fourth-order valence-corrected chi connectivity index (χ4v) is 2.75. The summed E-state index contributed by atoms with van der Waals surface area (Å²) < 4.78 is 24.6. The predicted octanol–water partition coefficient (Wildman–Crippen LogP) is -0.322. The Labute approximate surface area is 115 Å². The summed E-state index contributed by atoms with van der Waals surface area (Å²) in [5, 5.41) is 0. The first-order chi connectivity index (χ1) is 8.83. The molecule has 0 aromatic carbocycles. The van der Waals surface area contributed by atoms with Gasteiger partial charge in [-0.05, 0) is 25.2 Å². The third kappa shape index (κ3) is 5.71. The van der Waals surface area contributed by atoms with Crippen molar-refractivity contribution in [1.82, 2.24) is 9.62 Å². The second-order valence-electron chi connectivity index (χ2n) is 5.04. The monoisotopic (exact) mass is 289 g/mol. The molecule has 2 atom stereocenters. The van der Waals surface area contributed by atoms with Crippen LogP contribution in [0.1, 0.15) is 19.3 Å². The molecule has 0 bridgehead atoms. The summed E-state index contributed by atoms with van der Waals surface area (Å²) in [4.78, 5) is 13.8. The first-order valence-corrected chi connectivity index (χ1v) is 8.32. The quantitative estimate of drug-likeness (QED) is 0.655. The first-order valence-electron chi connectivity index (χ1n) is 6.43. The normalized spacial score (nSPS) is 22.0. The summed E-state index contributed by atoms with van der Waals surface area (Å²) >= 11 is 0. The van der Waals surface area contributed by atoms with Crippen LogP contribution in [0, 0.1) is 5.92 Å². The predicted molar refractivity (Wildman–Crippen MR) is 74.9 cm³/mol. The summed E-state index contributed by atoms with van der Waals surface area (Å²) in [7, 11) is -3.18. The van der Waals surface area contributed by atoms with Crippen molar-refractivity contribution >= 4 is 15.9 Å². The van der Waals surface area contributed by atoms with Crippen LogP contribution in [-0.4, -0.2) is 51.2 Å². The van der Waals surface area contributed by atoms with Crippen LogP contribution in [0.4, 0.5) is 0 Å². The van der Waals surface area contributed by atoms with E-state index in [1.807, 2.05) is 0 Å². The van der Waals surface area contributed by atoms with E-state index in [4.69, 9.17) is 5.73 Å². The fourth-order valence-electron chi connectivity index (χ4n) is 2.22. The summed E-state index contributed by atoms with van der Waals surface area (Å²) in [5.74, 6) is 0.0762. The number of carbonyl (C=O) groups excluding carboxylic acids is 1. The fraction of sp³-hybridized carbons (Fsp3) is 0.750. The molecule has 1 rings (SSSR count). The minimum atomic E-state index is -3.18. The van der Waals surface area contributed by atoms with Gasteiger partial charge in [-0.15, -0.1) is 6.58 Å². The SMILES string of the molecule is C=CCC(N)C(=O)N1CCCC(CNS(C)(=O)=O)C1. The van der Waals surface area contributed by atoms with Crippen LogP contribution in [0.25, 0.3) is 0 Å². The van der Waals surface area contributed by atoms with Crippen molar-refractivity contribution in [1.29, 1.82) is 0 Å². The lowest BCUT2D eigenvalue weighted by Crippen LogP contribution is -2.49. The molecule has 1 heterocycles. The molecular weight excluding hydrogens is 266 g/mol. The Morgan fingerprint density at radius 1 is 1.63 bits per heavy atom. The van der Waals surface area contributed by atoms with Gasteiger partial charge in [0.15, 0.2) is 0 Å². The highest BCUT2D eigenvalue weighted by Crippen LogP contribution is 2.17. The zero-order valence-electron chi connectivity index (χ0n) is 11.3. The molecule has 0 spiro atoms. The number of sulfonamides is 1. The molecule has 110 valence electrons. The number of piperidine rings is 1. The van der Waals surface area contributed by atoms with Crippen LogP contribution < -0.4 is 10.5 Å². The molecule has 0 aliphatic carbocycles. The Bertz CT molecular complexity index is 422. The summed E-state index contributed by atoms with van der Waals surface area (Å²) in [5.41, 5.74) is 5.77. The molecule has 0 saturated carbocycles. The number of hydrogen-bond acceptors (Lipinski definition) is 4. The van der Waals surface area contributed by atoms with E-state index in [1.54, 1.807) is 11.0 Å². The van der Waals surface area contributed by atoms with E-state index < -0.39 is 16.1 Å². The molecule has 6 nitrogen and oxygen atoms in total. The standard InChI is InChI=1S/C12H23N3O3S/c1-3-5-11(13)12(16)15-7-4-6-10(9-15)8-14-19(2,17)18/h3,10-11,14H,1,4-9,13H2,2H3. The second-order valence-corrected chi connectivity index (χ2v) is 6.88. The lowest BCUT2D eigenvalue weighted by Gasteiger charge is -2.34. The van der Waals surface area contributed by atoms with Crippen LogP contribution in [0.5, 0.6) is 0 Å². The summed E-state index contributed by atoms with van der Waals surface area (Å²) in [6, 6.07) is -0.542. The molecule has 7 heteroatoms. The van der Waals surface area contributed by atoms with E-state index in [0.29, 0.717) is 26.1 Å². The van der Waals surface area contributed by atoms with Crippen molar-refractivity contribution < 1.29 is 13.2 Å². The molecule has 19 heavy (non-hydrogen) atoms. The average Bonchev–Trinajstić information content (AvgIpc) is 2.35. The lowest BCUT2D eigenvalue weighted by atomic mass is 9.97. The molecule has 0 aromatic rings. The van der Waals surface area contributed by atoms with Crippen molar-refractivity contribution in [3.63, 3.8) is 0 Å². The maximum Gasteiger partial charge on any atom is 0.239 e. The molecule has 2 unspecified atom stereocenters. The number of amides is 1. The highest BCUT2D eigenvalue weighted by Gasteiger charge is 2.26. The largest absolute Gasteiger partial charge is 0.341 e. The first kappa shape index (κ1) is 16.1. The molecule has 1 fully saturated rings. The van der Waals surface area contributed by atoms with Crippen LogP contribution in [0.2, 0.25) is 0 Å². The van der Waals surface area contributed by atoms with Gasteiger partial charge in [0, 0.05) is 19.6 Å². The summed E-state index contributed by atoms with van der Waals surface area (Å²) in [6.45, 7) is 5.20. The van der Waals surface area contributed by atoms with Gasteiger partial charge in [0.2, 0.25) is 15.9 Å². The Morgan fingerprint density at radius 3 is 2.89 bits per heavy atom. The van der Waals surface area contributed by atoms with Crippen molar-refractivity contribution in [2.45, 2.75) is 25.3 Å². The number of nitrogens with one attached hydrogen (secondary N) is 1. The van der Waals surface area contributed by atoms with Crippen molar-refractivity contribution in [2.75, 3.05) is 25.9 Å². The van der Waals surface area contributed by atoms with E-state index in [2.05, 4.69) is 11.3 Å². The van der Waals surface area contributed by atoms with E-state index in [-0.39, 0.29) is 11.8 Å². The number of nitrogens with zero attached hydrogens (tertiary/aromatic N) is 1. The van der Waals surface area contributed by atoms with Crippen molar-refractivity contribution in [3.05, 3.63) is 12.7 Å². The number of likely N-dealkylation sites (tertiary alicyclic amines) is 1. The number of hydrogen-bond donors (Lipinski definition) is 2. The summed E-state index contributed by atoms with van der Waals surface area (Å²) in [6.07, 6.45) is 5.03. The van der Waals surface area contributed by atoms with Crippen LogP contribution >= 0.6 is 0 Å². The molecule has 0 aromatic heterocycles. The van der Waals surface area contributed by atoms with E-state index in [9.17, 15) is 13.2 Å². The molecule has 1 amide bonds. The highest BCUT2D eigenvalue weighted by atomic mass is 32.2. The minimum Gasteiger partial charge on any atom is -0.341 e. The second kappa shape index (κ2) is 7.02. The van der Waals surface area contributed by atoms with Crippen molar-refractivity contribution in [3.8, 4) is 0 Å². The number of nitrogens with two attached hydrogens (primary N) is 1. The van der Waals surface area contributed by atoms with E-state index in [1.165, 1.54) is 0 Å². The molecule has 1 aliphatic heterocycles. The number of rotatable bonds is 6. The molecule has 0 radical (unpaired) electrons. The topological polar surface area (TPSA) is 92.5 Å². The van der Waals surface area contributed by atoms with Gasteiger partial charge in [0.1, 0.15) is 0 Å². The van der Waals surface area contributed by atoms with Gasteiger partial charge in [-0.25, -0.2) is 13.1 Å². The van der Waals surface area contributed by atoms with Crippen LogP contribution in [0.3, 0.4) is 0 Å². The average molecular weight is 289 g/mol. The van der Waals surface area contributed by atoms with Gasteiger partial charge in [0.05, 0.1) is 12.3 Å². The van der Waals surface area contributed by atoms with Crippen LogP contribution in [0.15, 0.2) is 12.7 Å². The van der Waals surface area contributed by atoms with Gasteiger partial charge in [-0.2, -0.15) is 0 Å². The Hall–Kier alpha value is -0.920. The maximum atomic E-state index is 12.0. The molecule has 1 saturated heterocycles. The zero-order chi connectivity index (χ0) is 14.5. The lowest BCUT2D eigenvalue weighted by molar-refractivity contribution is -0.134. The van der Waals surface area contributed by atoms with Crippen molar-refractivity contribution in [2.24, 2.45) is 11.7 Å². The van der Waals surface area contributed by atoms with Gasteiger partial charge in [-0.1, -0.05) is 6.08 Å². The Kier molecular flexibility index (Phi) is 5.96. The Balaban J connectivity index is 2.49. The van der Waals surface area contributed by atoms with Gasteiger partial charge >= 0.3 is 0 Å².